The van der Waals surface area contributed by atoms with E-state index in [1.807, 2.05) is 0 Å². The summed E-state index contributed by atoms with van der Waals surface area (Å²) in [4.78, 5) is 0. The molecule has 0 aromatic heterocycles. The molecule has 0 spiro atoms. The van der Waals surface area contributed by atoms with Gasteiger partial charge in [-0.15, -0.1) is 0 Å². The van der Waals surface area contributed by atoms with Crippen molar-refractivity contribution in [3.63, 3.8) is 0 Å². The van der Waals surface area contributed by atoms with Crippen molar-refractivity contribution in [2.75, 3.05) is 0 Å². The highest BCUT2D eigenvalue weighted by Crippen LogP contribution is 3.16. The maximum atomic E-state index is 3.25. The normalized spacial score (nSPS) is 72.9. The van der Waals surface area contributed by atoms with Gasteiger partial charge in [-0.05, 0) is 65.1 Å². The van der Waals surface area contributed by atoms with Crippen LogP contribution in [0, 0.1) is 52.8 Å². The predicted octanol–water partition coefficient (Wildman–Crippen LogP) is 4.16. The van der Waals surface area contributed by atoms with Gasteiger partial charge < -0.3 is 0 Å². The zero-order valence-corrected chi connectivity index (χ0v) is 11.2. The fourth-order valence-electron chi connectivity index (χ4n) is 8.67. The van der Waals surface area contributed by atoms with Gasteiger partial charge in [-0.25, -0.2) is 0 Å². The van der Waals surface area contributed by atoms with Gasteiger partial charge in [0, 0.05) is 0 Å². The molecule has 0 heterocycles. The lowest BCUT2D eigenvalue weighted by atomic mass is 8.87. The molecule has 6 rings (SSSR count). The third-order valence-corrected chi connectivity index (χ3v) is 8.08. The first-order valence-electron chi connectivity index (χ1n) is 7.49. The Kier molecular flexibility index (Phi) is 1.37. The Labute approximate surface area is 100 Å². The lowest BCUT2D eigenvalue weighted by Crippen LogP contribution is -3.13. The molecule has 6 aliphatic rings. The standard InChI is InChI=1S/C14H20.C2H5/c1-4-12-8-7-9(12)14(6-3)10(7)13(8,5-2)11(12)14;1-2/h7-11H,4-6H2,1-3H3;1H2,2H3/q;+1. The molecule has 0 aromatic rings. The summed E-state index contributed by atoms with van der Waals surface area (Å²) in [7, 11) is 0. The molecule has 0 nitrogen and oxygen atoms in total. The maximum Gasteiger partial charge on any atom is 0.0746 e. The molecular formula is C16H25+. The third-order valence-electron chi connectivity index (χ3n) is 8.08. The van der Waals surface area contributed by atoms with Gasteiger partial charge in [0.25, 0.3) is 0 Å². The van der Waals surface area contributed by atoms with Crippen LogP contribution in [0.25, 0.3) is 0 Å². The monoisotopic (exact) mass is 217 g/mol. The van der Waals surface area contributed by atoms with E-state index < -0.39 is 0 Å². The summed E-state index contributed by atoms with van der Waals surface area (Å²) in [5.41, 5.74) is 2.81. The molecule has 0 aliphatic heterocycles. The Morgan fingerprint density at radius 3 is 1.31 bits per heavy atom. The Morgan fingerprint density at radius 2 is 1.06 bits per heavy atom. The van der Waals surface area contributed by atoms with Crippen molar-refractivity contribution in [3.05, 3.63) is 6.92 Å². The minimum Gasteiger partial charge on any atom is -0.0648 e. The summed E-state index contributed by atoms with van der Waals surface area (Å²) in [6.45, 7) is 12.4. The molecule has 0 atom stereocenters. The van der Waals surface area contributed by atoms with Crippen molar-refractivity contribution in [3.8, 4) is 0 Å². The van der Waals surface area contributed by atoms with Crippen molar-refractivity contribution in [1.29, 1.82) is 0 Å². The third kappa shape index (κ3) is 0.410. The minimum atomic E-state index is 0.936. The lowest BCUT2D eigenvalue weighted by molar-refractivity contribution is -0.701. The molecule has 0 radical (unpaired) electrons. The Balaban J connectivity index is 0.000000345. The van der Waals surface area contributed by atoms with E-state index in [9.17, 15) is 0 Å². The van der Waals surface area contributed by atoms with Crippen molar-refractivity contribution in [2.45, 2.75) is 47.0 Å². The van der Waals surface area contributed by atoms with Gasteiger partial charge in [-0.2, -0.15) is 0 Å². The van der Waals surface area contributed by atoms with Crippen molar-refractivity contribution in [1.82, 2.24) is 0 Å². The van der Waals surface area contributed by atoms with Crippen LogP contribution in [0.1, 0.15) is 47.0 Å². The molecule has 0 bridgehead atoms. The molecule has 0 N–H and O–H groups in total. The highest BCUT2D eigenvalue weighted by Gasteiger charge is 3.12. The van der Waals surface area contributed by atoms with Crippen molar-refractivity contribution < 1.29 is 0 Å². The first-order valence-corrected chi connectivity index (χ1v) is 7.49. The zero-order chi connectivity index (χ0) is 11.5. The van der Waals surface area contributed by atoms with Gasteiger partial charge in [0.05, 0.1) is 13.8 Å². The van der Waals surface area contributed by atoms with Gasteiger partial charge in [0.1, 0.15) is 0 Å². The average molecular weight is 217 g/mol. The number of rotatable bonds is 3. The molecule has 6 saturated carbocycles. The van der Waals surface area contributed by atoms with E-state index in [1.54, 1.807) is 6.92 Å². The molecule has 0 amide bonds. The van der Waals surface area contributed by atoms with Crippen LogP contribution in [0.2, 0.25) is 0 Å². The van der Waals surface area contributed by atoms with Crippen LogP contribution in [0.15, 0.2) is 0 Å². The summed E-state index contributed by atoms with van der Waals surface area (Å²) in [5, 5.41) is 0. The zero-order valence-electron chi connectivity index (χ0n) is 11.2. The van der Waals surface area contributed by atoms with E-state index in [-0.39, 0.29) is 0 Å². The van der Waals surface area contributed by atoms with E-state index in [0.29, 0.717) is 0 Å². The van der Waals surface area contributed by atoms with Crippen LogP contribution in [0.4, 0.5) is 0 Å². The Morgan fingerprint density at radius 1 is 0.750 bits per heavy atom. The van der Waals surface area contributed by atoms with Crippen LogP contribution in [0.3, 0.4) is 0 Å². The fraction of sp³-hybridized carbons (Fsp3) is 0.938. The minimum absolute atomic E-state index is 0.936. The van der Waals surface area contributed by atoms with Crippen LogP contribution in [-0.4, -0.2) is 0 Å². The van der Waals surface area contributed by atoms with Gasteiger partial charge in [0.15, 0.2) is 0 Å². The second-order valence-electron chi connectivity index (χ2n) is 6.84. The number of hydrogen-bond acceptors (Lipinski definition) is 0. The molecule has 0 saturated heterocycles. The molecule has 0 unspecified atom stereocenters. The quantitative estimate of drug-likeness (QED) is 0.623. The van der Waals surface area contributed by atoms with Crippen LogP contribution < -0.4 is 0 Å². The van der Waals surface area contributed by atoms with E-state index >= 15 is 0 Å². The summed E-state index contributed by atoms with van der Waals surface area (Å²) in [5.74, 6) is 6.17. The summed E-state index contributed by atoms with van der Waals surface area (Å²) < 4.78 is 0. The summed E-state index contributed by atoms with van der Waals surface area (Å²) in [6.07, 6.45) is 4.54. The topological polar surface area (TPSA) is 0 Å². The molecule has 0 heteroatoms. The Bertz CT molecular complexity index is 297. The first kappa shape index (κ1) is 9.85. The predicted molar refractivity (Wildman–Crippen MR) is 66.7 cm³/mol. The van der Waals surface area contributed by atoms with Crippen molar-refractivity contribution in [2.24, 2.45) is 45.8 Å². The van der Waals surface area contributed by atoms with Gasteiger partial charge in [0.2, 0.25) is 0 Å². The second kappa shape index (κ2) is 2.22. The highest BCUT2D eigenvalue weighted by atomic mass is 15.2. The van der Waals surface area contributed by atoms with Crippen LogP contribution in [0.5, 0.6) is 0 Å². The highest BCUT2D eigenvalue weighted by molar-refractivity contribution is 5.58. The molecular weight excluding hydrogens is 192 g/mol. The lowest BCUT2D eigenvalue weighted by Gasteiger charge is -3.16. The average Bonchev–Trinajstić information content (AvgIpc) is 2.39. The largest absolute Gasteiger partial charge is 0.0746 e. The fourth-order valence-corrected chi connectivity index (χ4v) is 8.67. The second-order valence-corrected chi connectivity index (χ2v) is 6.84. The molecule has 16 heavy (non-hydrogen) atoms. The van der Waals surface area contributed by atoms with Gasteiger partial charge in [-0.3, -0.25) is 0 Å². The van der Waals surface area contributed by atoms with E-state index in [2.05, 4.69) is 27.7 Å². The molecule has 6 fully saturated rings. The molecule has 88 valence electrons. The first-order chi connectivity index (χ1) is 7.78. The van der Waals surface area contributed by atoms with Crippen molar-refractivity contribution >= 4 is 0 Å². The molecule has 0 aromatic carbocycles. The number of hydrogen-bond donors (Lipinski definition) is 0. The van der Waals surface area contributed by atoms with E-state index in [0.717, 1.165) is 16.2 Å². The maximum absolute atomic E-state index is 3.25. The Hall–Kier alpha value is -0.130. The SMILES string of the molecule is CCC12C3C4C1C1(CC)C4C3(CC)C21.[CH2+]C. The van der Waals surface area contributed by atoms with Crippen LogP contribution >= 0.6 is 0 Å². The van der Waals surface area contributed by atoms with Gasteiger partial charge in [-0.1, -0.05) is 20.8 Å². The van der Waals surface area contributed by atoms with E-state index in [4.69, 9.17) is 0 Å². The van der Waals surface area contributed by atoms with E-state index in [1.165, 1.54) is 48.9 Å². The summed E-state index contributed by atoms with van der Waals surface area (Å²) in [6, 6.07) is 0. The smallest absolute Gasteiger partial charge is 0.0648 e. The molecule has 6 aliphatic carbocycles. The van der Waals surface area contributed by atoms with Crippen LogP contribution in [-0.2, 0) is 0 Å². The summed E-state index contributed by atoms with van der Waals surface area (Å²) >= 11 is 0. The van der Waals surface area contributed by atoms with Gasteiger partial charge >= 0.3 is 0 Å².